The summed E-state index contributed by atoms with van der Waals surface area (Å²) in [5.74, 6) is 0.0633. The molecule has 2 aliphatic heterocycles. The average Bonchev–Trinajstić information content (AvgIpc) is 2.97. The van der Waals surface area contributed by atoms with Crippen LogP contribution in [0, 0.1) is 5.82 Å². The minimum Gasteiger partial charge on any atom is -0.366 e. The van der Waals surface area contributed by atoms with E-state index in [2.05, 4.69) is 13.0 Å². The summed E-state index contributed by atoms with van der Waals surface area (Å²) in [5.41, 5.74) is 4.33. The van der Waals surface area contributed by atoms with Crippen LogP contribution in [0.3, 0.4) is 0 Å². The van der Waals surface area contributed by atoms with Crippen LogP contribution in [0.1, 0.15) is 57.5 Å². The normalized spacial score (nSPS) is 18.1. The van der Waals surface area contributed by atoms with Gasteiger partial charge >= 0.3 is 0 Å². The smallest absolute Gasteiger partial charge is 0.253 e. The molecule has 3 aromatic rings. The minimum atomic E-state index is -0.229. The molecule has 2 aliphatic rings. The quantitative estimate of drug-likeness (QED) is 0.474. The fourth-order valence-corrected chi connectivity index (χ4v) is 5.47. The van der Waals surface area contributed by atoms with Crippen molar-refractivity contribution in [2.24, 2.45) is 0 Å². The summed E-state index contributed by atoms with van der Waals surface area (Å²) < 4.78 is 14.2. The van der Waals surface area contributed by atoms with Gasteiger partial charge in [0.1, 0.15) is 5.82 Å². The van der Waals surface area contributed by atoms with Crippen LogP contribution in [-0.2, 0) is 6.42 Å². The Morgan fingerprint density at radius 3 is 2.27 bits per heavy atom. The highest BCUT2D eigenvalue weighted by atomic mass is 19.1. The predicted molar refractivity (Wildman–Crippen MR) is 145 cm³/mol. The van der Waals surface area contributed by atoms with Crippen LogP contribution < -0.4 is 4.90 Å². The number of hydrogen-bond acceptors (Lipinski definition) is 3. The van der Waals surface area contributed by atoms with Crippen molar-refractivity contribution >= 4 is 17.5 Å². The molecule has 0 unspecified atom stereocenters. The number of rotatable bonds is 5. The van der Waals surface area contributed by atoms with Crippen LogP contribution in [-0.4, -0.2) is 60.9 Å². The van der Waals surface area contributed by atoms with E-state index >= 15 is 0 Å². The SMILES string of the molecule is CCc1ccc(C(=O)N2CCC[C@@H](c3cccc(C(=O)N4CCN(c5ccccc5F)CC4)c3)C2)cc1. The largest absolute Gasteiger partial charge is 0.366 e. The number of benzene rings is 3. The zero-order valence-electron chi connectivity index (χ0n) is 21.4. The van der Waals surface area contributed by atoms with Crippen LogP contribution in [0.5, 0.6) is 0 Å². The van der Waals surface area contributed by atoms with Crippen molar-refractivity contribution in [2.75, 3.05) is 44.2 Å². The maximum absolute atomic E-state index is 14.2. The molecular formula is C31H34FN3O2. The summed E-state index contributed by atoms with van der Waals surface area (Å²) in [6, 6.07) is 22.6. The second-order valence-electron chi connectivity index (χ2n) is 10.00. The Morgan fingerprint density at radius 2 is 1.54 bits per heavy atom. The van der Waals surface area contributed by atoms with Gasteiger partial charge in [-0.25, -0.2) is 4.39 Å². The van der Waals surface area contributed by atoms with Crippen molar-refractivity contribution in [3.63, 3.8) is 0 Å². The van der Waals surface area contributed by atoms with Gasteiger partial charge in [0.15, 0.2) is 0 Å². The maximum Gasteiger partial charge on any atom is 0.253 e. The predicted octanol–water partition coefficient (Wildman–Crippen LogP) is 5.37. The topological polar surface area (TPSA) is 43.9 Å². The number of hydrogen-bond donors (Lipinski definition) is 0. The number of anilines is 1. The van der Waals surface area contributed by atoms with Crippen molar-refractivity contribution in [3.8, 4) is 0 Å². The Morgan fingerprint density at radius 1 is 0.811 bits per heavy atom. The van der Waals surface area contributed by atoms with Crippen LogP contribution in [0.2, 0.25) is 0 Å². The number of halogens is 1. The summed E-state index contributed by atoms with van der Waals surface area (Å²) in [4.78, 5) is 32.3. The standard InChI is InChI=1S/C31H34FN3O2/c1-2-23-12-14-24(15-13-23)30(36)35-16-6-9-27(22-35)25-7-5-8-26(21-25)31(37)34-19-17-33(18-20-34)29-11-4-3-10-28(29)32/h3-5,7-8,10-15,21,27H,2,6,9,16-20,22H2,1H3/t27-/m1/s1. The van der Waals surface area contributed by atoms with Crippen molar-refractivity contribution in [3.05, 3.63) is 101 Å². The average molecular weight is 500 g/mol. The van der Waals surface area contributed by atoms with E-state index in [0.29, 0.717) is 44.0 Å². The van der Waals surface area contributed by atoms with E-state index in [1.807, 2.05) is 63.2 Å². The Labute approximate surface area is 218 Å². The van der Waals surface area contributed by atoms with Crippen LogP contribution in [0.4, 0.5) is 10.1 Å². The molecule has 5 nitrogen and oxygen atoms in total. The lowest BCUT2D eigenvalue weighted by Gasteiger charge is -2.36. The number of piperidine rings is 1. The summed E-state index contributed by atoms with van der Waals surface area (Å²) in [7, 11) is 0. The molecule has 2 amide bonds. The van der Waals surface area contributed by atoms with Crippen molar-refractivity contribution < 1.29 is 14.0 Å². The van der Waals surface area contributed by atoms with E-state index in [0.717, 1.165) is 36.9 Å². The minimum absolute atomic E-state index is 0.00906. The van der Waals surface area contributed by atoms with Gasteiger partial charge in [0.05, 0.1) is 5.69 Å². The van der Waals surface area contributed by atoms with Gasteiger partial charge in [-0.05, 0) is 66.8 Å². The van der Waals surface area contributed by atoms with Gasteiger partial charge in [-0.3, -0.25) is 9.59 Å². The lowest BCUT2D eigenvalue weighted by atomic mass is 9.89. The van der Waals surface area contributed by atoms with Gasteiger partial charge in [-0.2, -0.15) is 0 Å². The molecule has 0 spiro atoms. The zero-order chi connectivity index (χ0) is 25.8. The Balaban J connectivity index is 1.23. The number of amides is 2. The lowest BCUT2D eigenvalue weighted by molar-refractivity contribution is 0.0704. The third-order valence-corrected chi connectivity index (χ3v) is 7.68. The van der Waals surface area contributed by atoms with Crippen molar-refractivity contribution in [1.82, 2.24) is 9.80 Å². The first-order valence-corrected chi connectivity index (χ1v) is 13.3. The second kappa shape index (κ2) is 11.2. The van der Waals surface area contributed by atoms with Gasteiger partial charge in [-0.1, -0.05) is 43.3 Å². The molecular weight excluding hydrogens is 465 g/mol. The summed E-state index contributed by atoms with van der Waals surface area (Å²) in [6.07, 6.45) is 2.90. The number of nitrogens with zero attached hydrogens (tertiary/aromatic N) is 3. The van der Waals surface area contributed by atoms with Gasteiger partial charge in [0.2, 0.25) is 0 Å². The van der Waals surface area contributed by atoms with E-state index in [1.165, 1.54) is 11.6 Å². The first-order chi connectivity index (χ1) is 18.0. The van der Waals surface area contributed by atoms with Crippen LogP contribution in [0.15, 0.2) is 72.8 Å². The molecule has 0 bridgehead atoms. The molecule has 0 radical (unpaired) electrons. The molecule has 6 heteroatoms. The Bertz CT molecular complexity index is 1250. The Hall–Kier alpha value is -3.67. The summed E-state index contributed by atoms with van der Waals surface area (Å²) >= 11 is 0. The highest BCUT2D eigenvalue weighted by Crippen LogP contribution is 2.29. The lowest BCUT2D eigenvalue weighted by Crippen LogP contribution is -2.49. The first kappa shape index (κ1) is 25.0. The molecule has 0 aromatic heterocycles. The zero-order valence-corrected chi connectivity index (χ0v) is 21.4. The van der Waals surface area contributed by atoms with Crippen LogP contribution >= 0.6 is 0 Å². The molecule has 37 heavy (non-hydrogen) atoms. The molecule has 1 atom stereocenters. The first-order valence-electron chi connectivity index (χ1n) is 13.3. The fraction of sp³-hybridized carbons (Fsp3) is 0.355. The Kier molecular flexibility index (Phi) is 7.54. The van der Waals surface area contributed by atoms with Crippen molar-refractivity contribution in [2.45, 2.75) is 32.1 Å². The fourth-order valence-electron chi connectivity index (χ4n) is 5.47. The van der Waals surface area contributed by atoms with E-state index in [1.54, 1.807) is 12.1 Å². The maximum atomic E-state index is 14.2. The second-order valence-corrected chi connectivity index (χ2v) is 10.00. The third-order valence-electron chi connectivity index (χ3n) is 7.68. The number of piperazine rings is 1. The number of aryl methyl sites for hydroxylation is 1. The number of para-hydroxylation sites is 1. The highest BCUT2D eigenvalue weighted by molar-refractivity contribution is 5.95. The van der Waals surface area contributed by atoms with Crippen LogP contribution in [0.25, 0.3) is 0 Å². The van der Waals surface area contributed by atoms with E-state index in [-0.39, 0.29) is 23.5 Å². The van der Waals surface area contributed by atoms with Gasteiger partial charge in [0, 0.05) is 56.3 Å². The molecule has 0 N–H and O–H groups in total. The number of carbonyl (C=O) groups excluding carboxylic acids is 2. The van der Waals surface area contributed by atoms with E-state index < -0.39 is 0 Å². The van der Waals surface area contributed by atoms with Gasteiger partial charge in [0.25, 0.3) is 11.8 Å². The number of likely N-dealkylation sites (tertiary alicyclic amines) is 1. The molecule has 5 rings (SSSR count). The summed E-state index contributed by atoms with van der Waals surface area (Å²) in [5, 5.41) is 0. The molecule has 2 saturated heterocycles. The third kappa shape index (κ3) is 5.53. The monoisotopic (exact) mass is 499 g/mol. The van der Waals surface area contributed by atoms with Gasteiger partial charge in [-0.15, -0.1) is 0 Å². The number of carbonyl (C=O) groups is 2. The van der Waals surface area contributed by atoms with Crippen molar-refractivity contribution in [1.29, 1.82) is 0 Å². The van der Waals surface area contributed by atoms with E-state index in [9.17, 15) is 14.0 Å². The molecule has 0 aliphatic carbocycles. The van der Waals surface area contributed by atoms with E-state index in [4.69, 9.17) is 0 Å². The highest BCUT2D eigenvalue weighted by Gasteiger charge is 2.27. The van der Waals surface area contributed by atoms with Gasteiger partial charge < -0.3 is 14.7 Å². The molecule has 2 fully saturated rings. The summed E-state index contributed by atoms with van der Waals surface area (Å²) in [6.45, 7) is 5.84. The molecule has 3 aromatic carbocycles. The molecule has 192 valence electrons. The molecule has 0 saturated carbocycles. The molecule has 2 heterocycles.